The van der Waals surface area contributed by atoms with E-state index < -0.39 is 11.5 Å². The van der Waals surface area contributed by atoms with Gasteiger partial charge in [0.15, 0.2) is 0 Å². The first-order valence-corrected chi connectivity index (χ1v) is 8.78. The first kappa shape index (κ1) is 23.7. The Morgan fingerprint density at radius 2 is 1.57 bits per heavy atom. The molecule has 2 N–H and O–H groups in total. The van der Waals surface area contributed by atoms with E-state index in [0.29, 0.717) is 11.0 Å². The van der Waals surface area contributed by atoms with Crippen molar-refractivity contribution in [3.05, 3.63) is 76.1 Å². The molecule has 144 valence electrons. The molecule has 5 nitrogen and oxygen atoms in total. The van der Waals surface area contributed by atoms with Crippen LogP contribution >= 0.6 is 0 Å². The summed E-state index contributed by atoms with van der Waals surface area (Å²) in [5.41, 5.74) is 0.635. The number of carbonyl (C=O) groups excluding carboxylic acids is 1. The maximum atomic E-state index is 12.4. The quantitative estimate of drug-likeness (QED) is 0.539. The van der Waals surface area contributed by atoms with Gasteiger partial charge in [0.05, 0.1) is 10.9 Å². The van der Waals surface area contributed by atoms with Crippen molar-refractivity contribution in [2.45, 2.75) is 39.2 Å². The van der Waals surface area contributed by atoms with Crippen molar-refractivity contribution >= 4 is 35.6 Å². The van der Waals surface area contributed by atoms with Crippen LogP contribution in [-0.2, 0) is 4.79 Å². The second kappa shape index (κ2) is 10.9. The van der Waals surface area contributed by atoms with Gasteiger partial charge in [-0.2, -0.15) is 0 Å². The van der Waals surface area contributed by atoms with E-state index in [2.05, 4.69) is 0 Å². The molecule has 1 heterocycles. The monoisotopic (exact) mass is 376 g/mol. The Bertz CT molecular complexity index is 961. The maximum absolute atomic E-state index is 12.4. The van der Waals surface area contributed by atoms with Crippen molar-refractivity contribution in [1.82, 2.24) is 0 Å². The summed E-state index contributed by atoms with van der Waals surface area (Å²) in [5, 5.41) is 19.1. The number of aliphatic hydroxyl groups is 1. The van der Waals surface area contributed by atoms with E-state index in [-0.39, 0.29) is 48.5 Å². The van der Waals surface area contributed by atoms with E-state index in [1.54, 1.807) is 38.1 Å². The average molecular weight is 376 g/mol. The number of hydrogen-bond acceptors (Lipinski definition) is 5. The van der Waals surface area contributed by atoms with Crippen LogP contribution in [0.15, 0.2) is 63.8 Å². The van der Waals surface area contributed by atoms with Gasteiger partial charge >= 0.3 is 24.5 Å². The third-order valence-corrected chi connectivity index (χ3v) is 3.86. The van der Waals surface area contributed by atoms with Crippen LogP contribution in [0, 0.1) is 0 Å². The molecule has 28 heavy (non-hydrogen) atoms. The van der Waals surface area contributed by atoms with Gasteiger partial charge in [0, 0.05) is 18.4 Å². The molecule has 0 aliphatic rings. The number of rotatable bonds is 4. The Kier molecular flexibility index (Phi) is 9.21. The molecule has 6 heteroatoms. The molecule has 0 aliphatic carbocycles. The molecule has 1 unspecified atom stereocenters. The summed E-state index contributed by atoms with van der Waals surface area (Å²) in [7, 11) is 0. The molecule has 3 rings (SSSR count). The van der Waals surface area contributed by atoms with Crippen molar-refractivity contribution < 1.29 is 19.4 Å². The zero-order chi connectivity index (χ0) is 20.0. The summed E-state index contributed by atoms with van der Waals surface area (Å²) in [4.78, 5) is 24.1. The predicted molar refractivity (Wildman–Crippen MR) is 112 cm³/mol. The SMILES string of the molecule is CC(=O)CC(c1ccccc1)c1c(O)c2ccccc2oc1=O.CC(C)O.[LiH]. The molecule has 0 radical (unpaired) electrons. The molecule has 1 atom stereocenters. The first-order chi connectivity index (χ1) is 12.8. The topological polar surface area (TPSA) is 87.7 Å². The number of Topliss-reactive ketones (excluding diaryl/α,β-unsaturated/α-hetero) is 1. The minimum absolute atomic E-state index is 0. The number of para-hydroxylation sites is 1. The van der Waals surface area contributed by atoms with Crippen molar-refractivity contribution in [2.75, 3.05) is 0 Å². The van der Waals surface area contributed by atoms with E-state index in [1.165, 1.54) is 6.92 Å². The summed E-state index contributed by atoms with van der Waals surface area (Å²) >= 11 is 0. The zero-order valence-corrected chi connectivity index (χ0v) is 15.7. The fraction of sp³-hybridized carbons (Fsp3) is 0.273. The van der Waals surface area contributed by atoms with Gasteiger partial charge in [-0.3, -0.25) is 4.79 Å². The van der Waals surface area contributed by atoms with Gasteiger partial charge in [-0.15, -0.1) is 0 Å². The minimum atomic E-state index is -0.615. The summed E-state index contributed by atoms with van der Waals surface area (Å²) in [5.74, 6) is -0.715. The van der Waals surface area contributed by atoms with Crippen LogP contribution in [0.2, 0.25) is 0 Å². The fourth-order valence-electron chi connectivity index (χ4n) is 2.81. The molecular weight excluding hydrogens is 351 g/mol. The molecule has 1 aromatic heterocycles. The summed E-state index contributed by atoms with van der Waals surface area (Å²) in [6, 6.07) is 16.0. The average Bonchev–Trinajstić information content (AvgIpc) is 2.61. The normalized spacial score (nSPS) is 11.3. The molecule has 0 bridgehead atoms. The van der Waals surface area contributed by atoms with Crippen LogP contribution in [0.4, 0.5) is 0 Å². The van der Waals surface area contributed by atoms with E-state index in [9.17, 15) is 14.7 Å². The van der Waals surface area contributed by atoms with Crippen LogP contribution < -0.4 is 5.63 Å². The molecule has 0 amide bonds. The number of hydrogen-bond donors (Lipinski definition) is 2. The van der Waals surface area contributed by atoms with Gasteiger partial charge in [0.2, 0.25) is 0 Å². The van der Waals surface area contributed by atoms with E-state index in [4.69, 9.17) is 9.52 Å². The summed E-state index contributed by atoms with van der Waals surface area (Å²) in [6.45, 7) is 4.91. The molecule has 3 aromatic rings. The number of aliphatic hydroxyl groups excluding tert-OH is 1. The van der Waals surface area contributed by atoms with Gasteiger partial charge in [0.25, 0.3) is 0 Å². The van der Waals surface area contributed by atoms with Crippen LogP contribution in [0.5, 0.6) is 5.75 Å². The van der Waals surface area contributed by atoms with Gasteiger partial charge in [0.1, 0.15) is 17.1 Å². The molecule has 0 aliphatic heterocycles. The predicted octanol–water partition coefficient (Wildman–Crippen LogP) is 3.35. The van der Waals surface area contributed by atoms with Crippen molar-refractivity contribution in [1.29, 1.82) is 0 Å². The zero-order valence-electron chi connectivity index (χ0n) is 15.7. The molecular formula is C22H25LiO5. The van der Waals surface area contributed by atoms with Crippen LogP contribution in [0.25, 0.3) is 11.0 Å². The number of ketones is 1. The third kappa shape index (κ3) is 6.10. The van der Waals surface area contributed by atoms with Crippen LogP contribution in [0.1, 0.15) is 44.2 Å². The summed E-state index contributed by atoms with van der Waals surface area (Å²) in [6.07, 6.45) is -0.0410. The number of fused-ring (bicyclic) bond motifs is 1. The van der Waals surface area contributed by atoms with Crippen molar-refractivity contribution in [2.24, 2.45) is 0 Å². The third-order valence-electron chi connectivity index (χ3n) is 3.86. The Hall–Kier alpha value is -2.32. The van der Waals surface area contributed by atoms with Gasteiger partial charge < -0.3 is 14.6 Å². The Balaban J connectivity index is 0.000000717. The molecule has 0 fully saturated rings. The second-order valence-electron chi connectivity index (χ2n) is 6.61. The van der Waals surface area contributed by atoms with Crippen molar-refractivity contribution in [3.63, 3.8) is 0 Å². The Morgan fingerprint density at radius 3 is 2.14 bits per heavy atom. The number of carbonyl (C=O) groups is 1. The standard InChI is InChI=1S/C19H16O4.C3H8O.Li.H/c1-12(20)11-15(13-7-3-2-4-8-13)17-18(21)14-9-5-6-10-16(14)23-19(17)22;1-3(2)4;;/h2-10,15,21H,11H2,1H3;3-4H,1-2H3;;. The van der Waals surface area contributed by atoms with Gasteiger partial charge in [-0.1, -0.05) is 42.5 Å². The van der Waals surface area contributed by atoms with E-state index >= 15 is 0 Å². The number of aromatic hydroxyl groups is 1. The molecule has 2 aromatic carbocycles. The van der Waals surface area contributed by atoms with Crippen LogP contribution in [-0.4, -0.2) is 41.0 Å². The summed E-state index contributed by atoms with van der Waals surface area (Å²) < 4.78 is 5.33. The Labute approximate surface area is 176 Å². The van der Waals surface area contributed by atoms with E-state index in [0.717, 1.165) is 5.56 Å². The molecule has 0 saturated carbocycles. The second-order valence-corrected chi connectivity index (χ2v) is 6.61. The van der Waals surface area contributed by atoms with Gasteiger partial charge in [-0.05, 0) is 38.5 Å². The number of benzene rings is 2. The molecule has 0 saturated heterocycles. The fourth-order valence-corrected chi connectivity index (χ4v) is 2.81. The van der Waals surface area contributed by atoms with Crippen molar-refractivity contribution in [3.8, 4) is 5.75 Å². The first-order valence-electron chi connectivity index (χ1n) is 8.78. The van der Waals surface area contributed by atoms with Crippen LogP contribution in [0.3, 0.4) is 0 Å². The van der Waals surface area contributed by atoms with E-state index in [1.807, 2.05) is 30.3 Å². The Morgan fingerprint density at radius 1 is 1.04 bits per heavy atom. The van der Waals surface area contributed by atoms with Gasteiger partial charge in [-0.25, -0.2) is 4.79 Å². The molecule has 0 spiro atoms.